The van der Waals surface area contributed by atoms with Gasteiger partial charge in [0.25, 0.3) is 0 Å². The van der Waals surface area contributed by atoms with Crippen molar-refractivity contribution in [3.63, 3.8) is 0 Å². The maximum absolute atomic E-state index is 12.2. The number of halogens is 1. The average molecular weight is 174 g/mol. The van der Waals surface area contributed by atoms with Gasteiger partial charge < -0.3 is 10.6 Å². The summed E-state index contributed by atoms with van der Waals surface area (Å²) in [6, 6.07) is 0. The largest absolute Gasteiger partial charge is 0.330 e. The second kappa shape index (κ2) is 5.49. The first-order chi connectivity index (χ1) is 5.86. The van der Waals surface area contributed by atoms with Gasteiger partial charge in [0.05, 0.1) is 6.67 Å². The molecule has 1 saturated heterocycles. The van der Waals surface area contributed by atoms with Crippen LogP contribution in [0.15, 0.2) is 0 Å². The average Bonchev–Trinajstić information content (AvgIpc) is 2.15. The Morgan fingerprint density at radius 3 is 2.50 bits per heavy atom. The maximum Gasteiger partial charge on any atom is 0.0923 e. The van der Waals surface area contributed by atoms with Crippen LogP contribution in [0.2, 0.25) is 0 Å². The number of alkyl halides is 1. The lowest BCUT2D eigenvalue weighted by Gasteiger charge is -2.30. The van der Waals surface area contributed by atoms with Gasteiger partial charge in [-0.25, -0.2) is 0 Å². The highest BCUT2D eigenvalue weighted by atomic mass is 19.1. The predicted molar refractivity (Wildman–Crippen MR) is 48.8 cm³/mol. The van der Waals surface area contributed by atoms with Gasteiger partial charge in [-0.1, -0.05) is 0 Å². The molecule has 0 aromatic carbocycles. The molecular weight excluding hydrogens is 155 g/mol. The third-order valence-electron chi connectivity index (χ3n) is 2.60. The normalized spacial score (nSPS) is 21.5. The van der Waals surface area contributed by atoms with Gasteiger partial charge in [-0.3, -0.25) is 4.39 Å². The van der Waals surface area contributed by atoms with Crippen LogP contribution >= 0.6 is 0 Å². The summed E-state index contributed by atoms with van der Waals surface area (Å²) in [5, 5.41) is 0. The number of hydrogen-bond donors (Lipinski definition) is 1. The van der Waals surface area contributed by atoms with E-state index >= 15 is 0 Å². The van der Waals surface area contributed by atoms with Crippen LogP contribution in [-0.2, 0) is 0 Å². The van der Waals surface area contributed by atoms with Crippen LogP contribution in [-0.4, -0.2) is 37.8 Å². The molecule has 0 radical (unpaired) electrons. The molecule has 0 unspecified atom stereocenters. The van der Waals surface area contributed by atoms with E-state index in [0.29, 0.717) is 5.92 Å². The summed E-state index contributed by atoms with van der Waals surface area (Å²) >= 11 is 0. The van der Waals surface area contributed by atoms with Crippen molar-refractivity contribution < 1.29 is 4.39 Å². The van der Waals surface area contributed by atoms with E-state index in [9.17, 15) is 4.39 Å². The molecule has 2 N–H and O–H groups in total. The molecule has 12 heavy (non-hydrogen) atoms. The first kappa shape index (κ1) is 9.93. The fraction of sp³-hybridized carbons (Fsp3) is 1.00. The highest BCUT2D eigenvalue weighted by Crippen LogP contribution is 2.17. The Labute approximate surface area is 73.9 Å². The van der Waals surface area contributed by atoms with Crippen molar-refractivity contribution in [2.45, 2.75) is 19.3 Å². The van der Waals surface area contributed by atoms with Crippen molar-refractivity contribution >= 4 is 0 Å². The highest BCUT2D eigenvalue weighted by molar-refractivity contribution is 4.71. The molecule has 1 rings (SSSR count). The van der Waals surface area contributed by atoms with Crippen molar-refractivity contribution in [3.05, 3.63) is 0 Å². The molecule has 1 fully saturated rings. The van der Waals surface area contributed by atoms with Gasteiger partial charge in [-0.15, -0.1) is 0 Å². The van der Waals surface area contributed by atoms with E-state index < -0.39 is 0 Å². The Hall–Kier alpha value is -0.150. The SMILES string of the molecule is NCCCN1CCC(CF)CC1. The monoisotopic (exact) mass is 174 g/mol. The quantitative estimate of drug-likeness (QED) is 0.689. The summed E-state index contributed by atoms with van der Waals surface area (Å²) in [5.74, 6) is 0.333. The zero-order valence-electron chi connectivity index (χ0n) is 7.64. The molecule has 1 aliphatic rings. The Balaban J connectivity index is 2.09. The van der Waals surface area contributed by atoms with E-state index in [1.165, 1.54) is 0 Å². The van der Waals surface area contributed by atoms with Crippen molar-refractivity contribution in [2.24, 2.45) is 11.7 Å². The molecule has 0 aliphatic carbocycles. The fourth-order valence-electron chi connectivity index (χ4n) is 1.68. The second-order valence-corrected chi connectivity index (χ2v) is 3.58. The van der Waals surface area contributed by atoms with E-state index in [1.54, 1.807) is 0 Å². The Morgan fingerprint density at radius 1 is 1.33 bits per heavy atom. The van der Waals surface area contributed by atoms with Crippen molar-refractivity contribution in [3.8, 4) is 0 Å². The summed E-state index contributed by atoms with van der Waals surface area (Å²) in [6.07, 6.45) is 3.13. The summed E-state index contributed by atoms with van der Waals surface area (Å²) in [7, 11) is 0. The fourth-order valence-corrected chi connectivity index (χ4v) is 1.68. The van der Waals surface area contributed by atoms with Gasteiger partial charge in [0.2, 0.25) is 0 Å². The minimum absolute atomic E-state index is 0.134. The number of piperidine rings is 1. The first-order valence-electron chi connectivity index (χ1n) is 4.85. The molecule has 0 bridgehead atoms. The molecule has 1 heterocycles. The number of nitrogens with two attached hydrogens (primary N) is 1. The van der Waals surface area contributed by atoms with E-state index in [1.807, 2.05) is 0 Å². The smallest absolute Gasteiger partial charge is 0.0923 e. The van der Waals surface area contributed by atoms with Crippen molar-refractivity contribution in [1.82, 2.24) is 4.90 Å². The molecule has 0 amide bonds. The van der Waals surface area contributed by atoms with Crippen LogP contribution in [0.1, 0.15) is 19.3 Å². The lowest BCUT2D eigenvalue weighted by atomic mass is 9.98. The summed E-state index contributed by atoms with van der Waals surface area (Å²) < 4.78 is 12.2. The second-order valence-electron chi connectivity index (χ2n) is 3.58. The van der Waals surface area contributed by atoms with Gasteiger partial charge in [-0.2, -0.15) is 0 Å². The van der Waals surface area contributed by atoms with E-state index in [2.05, 4.69) is 4.90 Å². The van der Waals surface area contributed by atoms with E-state index in [0.717, 1.165) is 45.4 Å². The molecule has 0 saturated carbocycles. The molecule has 2 nitrogen and oxygen atoms in total. The number of likely N-dealkylation sites (tertiary alicyclic amines) is 1. The zero-order chi connectivity index (χ0) is 8.81. The van der Waals surface area contributed by atoms with Crippen LogP contribution in [0.4, 0.5) is 4.39 Å². The van der Waals surface area contributed by atoms with Gasteiger partial charge in [0, 0.05) is 0 Å². The standard InChI is InChI=1S/C9H19FN2/c10-8-9-2-6-12(7-3-9)5-1-4-11/h9H,1-8,11H2. The highest BCUT2D eigenvalue weighted by Gasteiger charge is 2.17. The molecular formula is C9H19FN2. The van der Waals surface area contributed by atoms with Crippen LogP contribution in [0.25, 0.3) is 0 Å². The Morgan fingerprint density at radius 2 is 2.00 bits per heavy atom. The van der Waals surface area contributed by atoms with Crippen LogP contribution in [0.3, 0.4) is 0 Å². The first-order valence-corrected chi connectivity index (χ1v) is 4.85. The number of nitrogens with zero attached hydrogens (tertiary/aromatic N) is 1. The van der Waals surface area contributed by atoms with Crippen LogP contribution < -0.4 is 5.73 Å². The Kier molecular flexibility index (Phi) is 4.54. The summed E-state index contributed by atoms with van der Waals surface area (Å²) in [4.78, 5) is 2.39. The van der Waals surface area contributed by atoms with E-state index in [4.69, 9.17) is 5.73 Å². The lowest BCUT2D eigenvalue weighted by Crippen LogP contribution is -2.35. The minimum Gasteiger partial charge on any atom is -0.330 e. The van der Waals surface area contributed by atoms with Crippen LogP contribution in [0.5, 0.6) is 0 Å². The summed E-state index contributed by atoms with van der Waals surface area (Å²) in [6.45, 7) is 3.85. The number of rotatable bonds is 4. The molecule has 0 aromatic heterocycles. The molecule has 72 valence electrons. The third kappa shape index (κ3) is 3.07. The van der Waals surface area contributed by atoms with Gasteiger partial charge in [0.15, 0.2) is 0 Å². The Bertz CT molecular complexity index is 111. The third-order valence-corrected chi connectivity index (χ3v) is 2.60. The van der Waals surface area contributed by atoms with Gasteiger partial charge >= 0.3 is 0 Å². The van der Waals surface area contributed by atoms with Crippen LogP contribution in [0, 0.1) is 5.92 Å². The van der Waals surface area contributed by atoms with Gasteiger partial charge in [0.1, 0.15) is 0 Å². The maximum atomic E-state index is 12.2. The zero-order valence-corrected chi connectivity index (χ0v) is 7.64. The van der Waals surface area contributed by atoms with Crippen molar-refractivity contribution in [2.75, 3.05) is 32.9 Å². The minimum atomic E-state index is -0.134. The molecule has 0 atom stereocenters. The molecule has 0 aromatic rings. The van der Waals surface area contributed by atoms with Gasteiger partial charge in [-0.05, 0) is 51.4 Å². The summed E-state index contributed by atoms with van der Waals surface area (Å²) in [5.41, 5.74) is 5.41. The molecule has 0 spiro atoms. The topological polar surface area (TPSA) is 29.3 Å². The van der Waals surface area contributed by atoms with Crippen molar-refractivity contribution in [1.29, 1.82) is 0 Å². The predicted octanol–water partition coefficient (Wildman–Crippen LogP) is 1.02. The number of hydrogen-bond acceptors (Lipinski definition) is 2. The van der Waals surface area contributed by atoms with E-state index in [-0.39, 0.29) is 6.67 Å². The molecule has 1 aliphatic heterocycles. The lowest BCUT2D eigenvalue weighted by molar-refractivity contribution is 0.165. The molecule has 3 heteroatoms.